The van der Waals surface area contributed by atoms with Gasteiger partial charge in [0.15, 0.2) is 12.0 Å². The Labute approximate surface area is 73.4 Å². The summed E-state index contributed by atoms with van der Waals surface area (Å²) < 4.78 is 29.3. The summed E-state index contributed by atoms with van der Waals surface area (Å²) >= 11 is 0. The lowest BCUT2D eigenvalue weighted by atomic mass is 10.2. The molecule has 3 nitrogen and oxygen atoms in total. The highest BCUT2D eigenvalue weighted by Crippen LogP contribution is 2.29. The Morgan fingerprint density at radius 3 is 2.77 bits per heavy atom. The zero-order valence-corrected chi connectivity index (χ0v) is 6.83. The van der Waals surface area contributed by atoms with Gasteiger partial charge in [-0.15, -0.1) is 0 Å². The van der Waals surface area contributed by atoms with Gasteiger partial charge in [-0.1, -0.05) is 0 Å². The number of halogens is 2. The number of aromatic nitrogens is 1. The molecule has 0 N–H and O–H groups in total. The van der Waals surface area contributed by atoms with Crippen molar-refractivity contribution in [1.82, 2.24) is 4.98 Å². The van der Waals surface area contributed by atoms with E-state index in [9.17, 15) is 13.6 Å². The topological polar surface area (TPSA) is 39.2 Å². The molecule has 1 aromatic rings. The van der Waals surface area contributed by atoms with Crippen LogP contribution in [0, 0.1) is 0 Å². The molecular formula is C8H7F2NO2. The number of nitrogens with zero attached hydrogens (tertiary/aromatic N) is 1. The summed E-state index contributed by atoms with van der Waals surface area (Å²) in [5.41, 5.74) is -0.431. The Balaban J connectivity index is 3.26. The van der Waals surface area contributed by atoms with E-state index in [-0.39, 0.29) is 17.0 Å². The van der Waals surface area contributed by atoms with Gasteiger partial charge in [-0.05, 0) is 6.07 Å². The number of methoxy groups -OCH3 is 1. The number of carbonyl (C=O) groups is 1. The zero-order valence-electron chi connectivity index (χ0n) is 6.83. The highest BCUT2D eigenvalue weighted by molar-refractivity contribution is 5.77. The quantitative estimate of drug-likeness (QED) is 0.677. The number of pyridine rings is 1. The summed E-state index contributed by atoms with van der Waals surface area (Å²) in [6.45, 7) is 0. The first-order valence-electron chi connectivity index (χ1n) is 3.47. The molecule has 0 unspecified atom stereocenters. The molecule has 0 saturated carbocycles. The molecule has 0 amide bonds. The standard InChI is InChI=1S/C8H7F2NO2/c1-13-7-5(8(9)10)2-3-11-6(7)4-12/h2-4,8H,1H3. The van der Waals surface area contributed by atoms with E-state index in [0.717, 1.165) is 12.3 Å². The molecule has 0 bridgehead atoms. The molecule has 0 aliphatic rings. The van der Waals surface area contributed by atoms with E-state index in [1.54, 1.807) is 0 Å². The van der Waals surface area contributed by atoms with Gasteiger partial charge in [0.2, 0.25) is 0 Å². The number of ether oxygens (including phenoxy) is 1. The molecule has 0 radical (unpaired) electrons. The van der Waals surface area contributed by atoms with E-state index in [0.29, 0.717) is 6.29 Å². The van der Waals surface area contributed by atoms with E-state index in [1.807, 2.05) is 0 Å². The van der Waals surface area contributed by atoms with Crippen molar-refractivity contribution in [1.29, 1.82) is 0 Å². The van der Waals surface area contributed by atoms with Gasteiger partial charge in [-0.25, -0.2) is 13.8 Å². The highest BCUT2D eigenvalue weighted by Gasteiger charge is 2.17. The average Bonchev–Trinajstić information content (AvgIpc) is 2.16. The number of rotatable bonds is 3. The van der Waals surface area contributed by atoms with E-state index in [4.69, 9.17) is 0 Å². The molecule has 0 aliphatic heterocycles. The van der Waals surface area contributed by atoms with Gasteiger partial charge in [0.05, 0.1) is 12.7 Å². The number of carbonyl (C=O) groups excluding carboxylic acids is 1. The van der Waals surface area contributed by atoms with Crippen LogP contribution in [0.1, 0.15) is 22.5 Å². The van der Waals surface area contributed by atoms with Crippen LogP contribution in [0.25, 0.3) is 0 Å². The van der Waals surface area contributed by atoms with E-state index in [1.165, 1.54) is 7.11 Å². The van der Waals surface area contributed by atoms with E-state index in [2.05, 4.69) is 9.72 Å². The van der Waals surface area contributed by atoms with Crippen LogP contribution in [0.2, 0.25) is 0 Å². The Kier molecular flexibility index (Phi) is 2.89. The van der Waals surface area contributed by atoms with E-state index >= 15 is 0 Å². The predicted octanol–water partition coefficient (Wildman–Crippen LogP) is 1.84. The molecular weight excluding hydrogens is 180 g/mol. The number of hydrogen-bond donors (Lipinski definition) is 0. The van der Waals surface area contributed by atoms with Gasteiger partial charge in [0, 0.05) is 6.20 Å². The number of aldehydes is 1. The summed E-state index contributed by atoms with van der Waals surface area (Å²) in [5, 5.41) is 0. The first kappa shape index (κ1) is 9.57. The van der Waals surface area contributed by atoms with Crippen molar-refractivity contribution in [2.75, 3.05) is 7.11 Å². The Morgan fingerprint density at radius 1 is 1.62 bits per heavy atom. The molecule has 5 heteroatoms. The van der Waals surface area contributed by atoms with Crippen LogP contribution in [0.4, 0.5) is 8.78 Å². The maximum atomic E-state index is 12.3. The first-order valence-corrected chi connectivity index (χ1v) is 3.47. The second-order valence-corrected chi connectivity index (χ2v) is 2.24. The third-order valence-electron chi connectivity index (χ3n) is 1.51. The lowest BCUT2D eigenvalue weighted by Crippen LogP contribution is -1.99. The molecule has 0 aromatic carbocycles. The fourth-order valence-electron chi connectivity index (χ4n) is 0.958. The molecule has 70 valence electrons. The van der Waals surface area contributed by atoms with Crippen LogP contribution in [-0.2, 0) is 0 Å². The summed E-state index contributed by atoms with van der Waals surface area (Å²) in [5.74, 6) is -0.160. The second-order valence-electron chi connectivity index (χ2n) is 2.24. The minimum atomic E-state index is -2.67. The van der Waals surface area contributed by atoms with Crippen LogP contribution >= 0.6 is 0 Å². The van der Waals surface area contributed by atoms with Gasteiger partial charge < -0.3 is 4.74 Å². The van der Waals surface area contributed by atoms with Crippen LogP contribution in [0.3, 0.4) is 0 Å². The van der Waals surface area contributed by atoms with Gasteiger partial charge in [0.1, 0.15) is 5.69 Å². The Morgan fingerprint density at radius 2 is 2.31 bits per heavy atom. The molecule has 1 rings (SSSR count). The van der Waals surface area contributed by atoms with Gasteiger partial charge >= 0.3 is 0 Å². The minimum absolute atomic E-state index is 0.111. The SMILES string of the molecule is COc1c(C(F)F)ccnc1C=O. The van der Waals surface area contributed by atoms with Gasteiger partial charge in [-0.3, -0.25) is 4.79 Å². The summed E-state index contributed by atoms with van der Waals surface area (Å²) in [4.78, 5) is 14.0. The number of hydrogen-bond acceptors (Lipinski definition) is 3. The van der Waals surface area contributed by atoms with Crippen molar-refractivity contribution in [3.05, 3.63) is 23.5 Å². The van der Waals surface area contributed by atoms with Crippen LogP contribution in [0.15, 0.2) is 12.3 Å². The lowest BCUT2D eigenvalue weighted by molar-refractivity contribution is 0.111. The zero-order chi connectivity index (χ0) is 9.84. The largest absolute Gasteiger partial charge is 0.494 e. The van der Waals surface area contributed by atoms with Crippen molar-refractivity contribution >= 4 is 6.29 Å². The normalized spacial score (nSPS) is 10.2. The monoisotopic (exact) mass is 187 g/mol. The fraction of sp³-hybridized carbons (Fsp3) is 0.250. The molecule has 13 heavy (non-hydrogen) atoms. The van der Waals surface area contributed by atoms with E-state index < -0.39 is 6.43 Å². The van der Waals surface area contributed by atoms with Crippen LogP contribution in [0.5, 0.6) is 5.75 Å². The smallest absolute Gasteiger partial charge is 0.267 e. The Hall–Kier alpha value is -1.52. The summed E-state index contributed by atoms with van der Waals surface area (Å²) in [6, 6.07) is 1.12. The van der Waals surface area contributed by atoms with Crippen molar-refractivity contribution in [3.8, 4) is 5.75 Å². The summed E-state index contributed by atoms with van der Waals surface area (Å²) in [6.07, 6.45) is -1.14. The molecule has 1 heterocycles. The van der Waals surface area contributed by atoms with Gasteiger partial charge in [0.25, 0.3) is 6.43 Å². The second kappa shape index (κ2) is 3.93. The Bertz CT molecular complexity index is 315. The molecule has 0 atom stereocenters. The minimum Gasteiger partial charge on any atom is -0.494 e. The van der Waals surface area contributed by atoms with Crippen molar-refractivity contribution in [2.45, 2.75) is 6.43 Å². The lowest BCUT2D eigenvalue weighted by Gasteiger charge is -2.07. The highest BCUT2D eigenvalue weighted by atomic mass is 19.3. The molecule has 1 aromatic heterocycles. The van der Waals surface area contributed by atoms with Crippen LogP contribution in [-0.4, -0.2) is 18.4 Å². The molecule has 0 spiro atoms. The maximum absolute atomic E-state index is 12.3. The fourth-order valence-corrected chi connectivity index (χ4v) is 0.958. The summed E-state index contributed by atoms with van der Waals surface area (Å²) in [7, 11) is 1.22. The molecule has 0 aliphatic carbocycles. The predicted molar refractivity (Wildman–Crippen MR) is 41.1 cm³/mol. The maximum Gasteiger partial charge on any atom is 0.267 e. The number of alkyl halides is 2. The third-order valence-corrected chi connectivity index (χ3v) is 1.51. The van der Waals surface area contributed by atoms with Crippen molar-refractivity contribution < 1.29 is 18.3 Å². The first-order chi connectivity index (χ1) is 6.20. The van der Waals surface area contributed by atoms with Gasteiger partial charge in [-0.2, -0.15) is 0 Å². The van der Waals surface area contributed by atoms with Crippen LogP contribution < -0.4 is 4.74 Å². The van der Waals surface area contributed by atoms with Crippen molar-refractivity contribution in [2.24, 2.45) is 0 Å². The average molecular weight is 187 g/mol. The molecule has 0 fully saturated rings. The third kappa shape index (κ3) is 1.80. The molecule has 0 saturated heterocycles. The van der Waals surface area contributed by atoms with Crippen molar-refractivity contribution in [3.63, 3.8) is 0 Å².